The highest BCUT2D eigenvalue weighted by atomic mass is 16.5. The predicted octanol–water partition coefficient (Wildman–Crippen LogP) is 0.708. The van der Waals surface area contributed by atoms with Crippen molar-refractivity contribution in [3.63, 3.8) is 0 Å². The normalized spacial score (nSPS) is 19.3. The molecule has 1 aliphatic rings. The Labute approximate surface area is 80.4 Å². The van der Waals surface area contributed by atoms with Crippen molar-refractivity contribution in [2.24, 2.45) is 0 Å². The molecule has 1 aliphatic carbocycles. The summed E-state index contributed by atoms with van der Waals surface area (Å²) in [6.07, 6.45) is 0.116. The average molecular weight is 194 g/mol. The van der Waals surface area contributed by atoms with Crippen LogP contribution in [0.15, 0.2) is 35.8 Å². The van der Waals surface area contributed by atoms with E-state index in [1.807, 2.05) is 0 Å². The van der Waals surface area contributed by atoms with Gasteiger partial charge in [-0.25, -0.2) is 0 Å². The number of allylic oxidation sites excluding steroid dienone is 1. The van der Waals surface area contributed by atoms with Gasteiger partial charge in [0.25, 0.3) is 5.79 Å². The molecule has 0 atom stereocenters. The van der Waals surface area contributed by atoms with Gasteiger partial charge in [0.05, 0.1) is 0 Å². The Kier molecular flexibility index (Phi) is 1.77. The molecule has 0 aromatic heterocycles. The lowest BCUT2D eigenvalue weighted by Crippen LogP contribution is -2.33. The van der Waals surface area contributed by atoms with Gasteiger partial charge in [-0.3, -0.25) is 0 Å². The fraction of sp³-hybridized carbons (Fsp3) is 0.200. The quantitative estimate of drug-likeness (QED) is 0.458. The lowest BCUT2D eigenvalue weighted by molar-refractivity contribution is -0.166. The topological polar surface area (TPSA) is 80.9 Å². The van der Waals surface area contributed by atoms with Crippen LogP contribution in [0.1, 0.15) is 11.1 Å². The summed E-state index contributed by atoms with van der Waals surface area (Å²) >= 11 is 0. The number of aliphatic hydroxyl groups is 4. The van der Waals surface area contributed by atoms with Gasteiger partial charge in [0.2, 0.25) is 0 Å². The highest BCUT2D eigenvalue weighted by Crippen LogP contribution is 2.34. The zero-order valence-corrected chi connectivity index (χ0v) is 7.31. The fourth-order valence-electron chi connectivity index (χ4n) is 1.61. The third-order valence-electron chi connectivity index (χ3n) is 2.35. The van der Waals surface area contributed by atoms with Gasteiger partial charge in [-0.05, 0) is 5.56 Å². The van der Waals surface area contributed by atoms with Gasteiger partial charge < -0.3 is 20.4 Å². The van der Waals surface area contributed by atoms with Crippen LogP contribution in [-0.4, -0.2) is 20.4 Å². The largest absolute Gasteiger partial charge is 0.508 e. The second-order valence-electron chi connectivity index (χ2n) is 3.30. The SMILES string of the molecule is OC1=C(O)C(O)(O)c2ccccc2C1. The van der Waals surface area contributed by atoms with E-state index in [2.05, 4.69) is 0 Å². The van der Waals surface area contributed by atoms with Gasteiger partial charge in [-0.1, -0.05) is 24.3 Å². The second kappa shape index (κ2) is 2.73. The van der Waals surface area contributed by atoms with E-state index in [4.69, 9.17) is 0 Å². The highest BCUT2D eigenvalue weighted by Gasteiger charge is 2.39. The first-order valence-electron chi connectivity index (χ1n) is 4.18. The van der Waals surface area contributed by atoms with E-state index in [9.17, 15) is 20.4 Å². The number of benzene rings is 1. The molecule has 0 heterocycles. The van der Waals surface area contributed by atoms with Crippen LogP contribution in [0.3, 0.4) is 0 Å². The standard InChI is InChI=1S/C10H10O4/c11-8-5-6-3-1-2-4-7(6)10(13,14)9(8)12/h1-4,11-14H,5H2. The maximum atomic E-state index is 9.55. The maximum absolute atomic E-state index is 9.55. The minimum absolute atomic E-state index is 0.116. The van der Waals surface area contributed by atoms with Gasteiger partial charge >= 0.3 is 0 Å². The molecule has 1 aromatic rings. The van der Waals surface area contributed by atoms with E-state index in [0.717, 1.165) is 0 Å². The Morgan fingerprint density at radius 2 is 1.71 bits per heavy atom. The summed E-state index contributed by atoms with van der Waals surface area (Å²) in [5.41, 5.74) is 0.795. The van der Waals surface area contributed by atoms with Crippen LogP contribution in [0.5, 0.6) is 0 Å². The number of aliphatic hydroxyl groups excluding tert-OH is 2. The van der Waals surface area contributed by atoms with Crippen LogP contribution in [0.4, 0.5) is 0 Å². The minimum atomic E-state index is -2.47. The summed E-state index contributed by atoms with van der Waals surface area (Å²) in [4.78, 5) is 0. The lowest BCUT2D eigenvalue weighted by atomic mass is 9.89. The molecule has 0 fully saturated rings. The van der Waals surface area contributed by atoms with E-state index >= 15 is 0 Å². The van der Waals surface area contributed by atoms with Crippen molar-refractivity contribution >= 4 is 0 Å². The van der Waals surface area contributed by atoms with Crippen LogP contribution >= 0.6 is 0 Å². The highest BCUT2D eigenvalue weighted by molar-refractivity contribution is 5.41. The lowest BCUT2D eigenvalue weighted by Gasteiger charge is -2.28. The van der Waals surface area contributed by atoms with Gasteiger partial charge in [-0.2, -0.15) is 0 Å². The fourth-order valence-corrected chi connectivity index (χ4v) is 1.61. The molecular formula is C10H10O4. The molecule has 74 valence electrons. The smallest absolute Gasteiger partial charge is 0.253 e. The minimum Gasteiger partial charge on any atom is -0.508 e. The molecule has 4 N–H and O–H groups in total. The van der Waals surface area contributed by atoms with Crippen LogP contribution < -0.4 is 0 Å². The molecular weight excluding hydrogens is 184 g/mol. The van der Waals surface area contributed by atoms with Crippen molar-refractivity contribution in [2.75, 3.05) is 0 Å². The van der Waals surface area contributed by atoms with Crippen molar-refractivity contribution in [3.8, 4) is 0 Å². The molecule has 0 unspecified atom stereocenters. The first kappa shape index (κ1) is 9.05. The summed E-state index contributed by atoms with van der Waals surface area (Å²) in [5, 5.41) is 37.7. The first-order chi connectivity index (χ1) is 6.53. The maximum Gasteiger partial charge on any atom is 0.253 e. The zero-order chi connectivity index (χ0) is 10.3. The first-order valence-corrected chi connectivity index (χ1v) is 4.18. The monoisotopic (exact) mass is 194 g/mol. The predicted molar refractivity (Wildman–Crippen MR) is 48.5 cm³/mol. The van der Waals surface area contributed by atoms with Crippen LogP contribution in [0, 0.1) is 0 Å². The average Bonchev–Trinajstić information content (AvgIpc) is 2.15. The van der Waals surface area contributed by atoms with Crippen LogP contribution in [-0.2, 0) is 12.2 Å². The third kappa shape index (κ3) is 1.08. The van der Waals surface area contributed by atoms with E-state index in [1.165, 1.54) is 6.07 Å². The van der Waals surface area contributed by atoms with Crippen molar-refractivity contribution in [1.82, 2.24) is 0 Å². The molecule has 0 aliphatic heterocycles. The molecule has 4 heteroatoms. The Morgan fingerprint density at radius 1 is 1.07 bits per heavy atom. The van der Waals surface area contributed by atoms with Crippen LogP contribution in [0.2, 0.25) is 0 Å². The van der Waals surface area contributed by atoms with E-state index in [0.29, 0.717) is 5.56 Å². The van der Waals surface area contributed by atoms with Gasteiger partial charge in [0.15, 0.2) is 5.76 Å². The Morgan fingerprint density at radius 3 is 2.43 bits per heavy atom. The summed E-state index contributed by atoms with van der Waals surface area (Å²) in [5.74, 6) is -3.68. The molecule has 0 amide bonds. The summed E-state index contributed by atoms with van der Waals surface area (Å²) in [6, 6.07) is 6.53. The van der Waals surface area contributed by atoms with E-state index in [1.54, 1.807) is 18.2 Å². The molecule has 4 nitrogen and oxygen atoms in total. The van der Waals surface area contributed by atoms with Crippen molar-refractivity contribution in [2.45, 2.75) is 12.2 Å². The van der Waals surface area contributed by atoms with E-state index in [-0.39, 0.29) is 12.0 Å². The Hall–Kier alpha value is -1.52. The molecule has 1 aromatic carbocycles. The third-order valence-corrected chi connectivity index (χ3v) is 2.35. The van der Waals surface area contributed by atoms with E-state index < -0.39 is 17.3 Å². The summed E-state index contributed by atoms with van der Waals surface area (Å²) < 4.78 is 0. The zero-order valence-electron chi connectivity index (χ0n) is 7.31. The van der Waals surface area contributed by atoms with Gasteiger partial charge in [0, 0.05) is 12.0 Å². The van der Waals surface area contributed by atoms with Crippen molar-refractivity contribution < 1.29 is 20.4 Å². The van der Waals surface area contributed by atoms with Crippen molar-refractivity contribution in [3.05, 3.63) is 46.9 Å². The molecule has 2 rings (SSSR count). The summed E-state index contributed by atoms with van der Waals surface area (Å²) in [7, 11) is 0. The number of hydrogen-bond donors (Lipinski definition) is 4. The molecule has 0 bridgehead atoms. The molecule has 14 heavy (non-hydrogen) atoms. The number of fused-ring (bicyclic) bond motifs is 1. The Bertz CT molecular complexity index is 406. The van der Waals surface area contributed by atoms with Gasteiger partial charge in [0.1, 0.15) is 5.76 Å². The Balaban J connectivity index is 2.64. The van der Waals surface area contributed by atoms with Crippen molar-refractivity contribution in [1.29, 1.82) is 0 Å². The van der Waals surface area contributed by atoms with Gasteiger partial charge in [-0.15, -0.1) is 0 Å². The molecule has 0 saturated heterocycles. The second-order valence-corrected chi connectivity index (χ2v) is 3.30. The molecule has 0 radical (unpaired) electrons. The number of hydrogen-bond acceptors (Lipinski definition) is 4. The molecule has 0 saturated carbocycles. The summed E-state index contributed by atoms with van der Waals surface area (Å²) in [6.45, 7) is 0. The number of rotatable bonds is 0. The molecule has 0 spiro atoms. The van der Waals surface area contributed by atoms with Crippen LogP contribution in [0.25, 0.3) is 0 Å².